The van der Waals surface area contributed by atoms with Gasteiger partial charge < -0.3 is 10.5 Å². The fraction of sp³-hybridized carbons (Fsp3) is 0.421. The molecule has 2 heterocycles. The molecule has 27 heavy (non-hydrogen) atoms. The lowest BCUT2D eigenvalue weighted by Gasteiger charge is -2.25. The molecule has 1 aliphatic rings. The first-order valence-electron chi connectivity index (χ1n) is 9.03. The molecule has 1 saturated carbocycles. The highest BCUT2D eigenvalue weighted by Gasteiger charge is 2.27. The largest absolute Gasteiger partial charge is 0.494 e. The van der Waals surface area contributed by atoms with Crippen molar-refractivity contribution in [1.29, 1.82) is 0 Å². The van der Waals surface area contributed by atoms with E-state index in [9.17, 15) is 0 Å². The third kappa shape index (κ3) is 3.70. The molecule has 4 rings (SSSR count). The van der Waals surface area contributed by atoms with Crippen LogP contribution in [0.25, 0.3) is 17.1 Å². The fourth-order valence-electron chi connectivity index (χ4n) is 3.64. The molecule has 3 aromatic rings. The number of benzene rings is 1. The van der Waals surface area contributed by atoms with Crippen molar-refractivity contribution in [2.45, 2.75) is 44.6 Å². The Hall–Kier alpha value is -2.38. The number of aromatic nitrogens is 5. The van der Waals surface area contributed by atoms with E-state index in [1.807, 2.05) is 35.9 Å². The molecule has 0 unspecified atom stereocenters. The van der Waals surface area contributed by atoms with Crippen molar-refractivity contribution >= 4 is 12.4 Å². The molecule has 0 saturated heterocycles. The van der Waals surface area contributed by atoms with E-state index in [4.69, 9.17) is 20.6 Å². The number of ether oxygens (including phenoxy) is 1. The van der Waals surface area contributed by atoms with Gasteiger partial charge >= 0.3 is 0 Å². The number of para-hydroxylation sites is 2. The number of nitrogens with one attached hydrogen (secondary N) is 1. The van der Waals surface area contributed by atoms with Crippen LogP contribution < -0.4 is 10.5 Å². The van der Waals surface area contributed by atoms with Crippen LogP contribution in [0.5, 0.6) is 5.75 Å². The normalized spacial score (nSPS) is 19.5. The molecule has 0 radical (unpaired) electrons. The van der Waals surface area contributed by atoms with Crippen LogP contribution in [0.15, 0.2) is 30.5 Å². The summed E-state index contributed by atoms with van der Waals surface area (Å²) in [5.41, 5.74) is 8.88. The highest BCUT2D eigenvalue weighted by molar-refractivity contribution is 5.85. The summed E-state index contributed by atoms with van der Waals surface area (Å²) >= 11 is 0. The predicted octanol–water partition coefficient (Wildman–Crippen LogP) is 3.38. The maximum absolute atomic E-state index is 6.10. The molecular formula is C19H25ClN6O. The average Bonchev–Trinajstić information content (AvgIpc) is 3.28. The van der Waals surface area contributed by atoms with E-state index in [-0.39, 0.29) is 12.4 Å². The number of hydrogen-bond acceptors (Lipinski definition) is 5. The summed E-state index contributed by atoms with van der Waals surface area (Å²) < 4.78 is 7.49. The SMILES string of the molecule is COc1ccccc1-n1nc(-c2cn[nH]c2C)nc1C1CCC(N)CC1.Cl. The zero-order valence-electron chi connectivity index (χ0n) is 15.6. The smallest absolute Gasteiger partial charge is 0.185 e. The van der Waals surface area contributed by atoms with E-state index in [1.165, 1.54) is 0 Å². The van der Waals surface area contributed by atoms with Crippen molar-refractivity contribution in [2.75, 3.05) is 7.11 Å². The Morgan fingerprint density at radius 3 is 2.59 bits per heavy atom. The van der Waals surface area contributed by atoms with Crippen LogP contribution in [0.2, 0.25) is 0 Å². The minimum absolute atomic E-state index is 0. The number of H-pyrrole nitrogens is 1. The zero-order valence-corrected chi connectivity index (χ0v) is 16.4. The molecular weight excluding hydrogens is 364 g/mol. The highest BCUT2D eigenvalue weighted by atomic mass is 35.5. The first kappa shape index (κ1) is 19.4. The standard InChI is InChI=1S/C19H24N6O.ClH/c1-12-15(11-21-23-12)18-22-19(13-7-9-14(20)10-8-13)25(24-18)16-5-3-4-6-17(16)26-2;/h3-6,11,13-14H,7-10,20H2,1-2H3,(H,21,23);1H. The molecule has 0 bridgehead atoms. The van der Waals surface area contributed by atoms with Crippen molar-refractivity contribution in [3.63, 3.8) is 0 Å². The lowest BCUT2D eigenvalue weighted by molar-refractivity contribution is 0.378. The van der Waals surface area contributed by atoms with Crippen LogP contribution >= 0.6 is 12.4 Å². The summed E-state index contributed by atoms with van der Waals surface area (Å²) in [5.74, 6) is 2.78. The molecule has 0 atom stereocenters. The van der Waals surface area contributed by atoms with Gasteiger partial charge in [-0.15, -0.1) is 17.5 Å². The molecule has 1 fully saturated rings. The average molecular weight is 389 g/mol. The number of aromatic amines is 1. The molecule has 0 spiro atoms. The van der Waals surface area contributed by atoms with Gasteiger partial charge in [0.1, 0.15) is 17.3 Å². The lowest BCUT2D eigenvalue weighted by Crippen LogP contribution is -2.26. The number of rotatable bonds is 4. The van der Waals surface area contributed by atoms with Gasteiger partial charge in [-0.25, -0.2) is 9.67 Å². The minimum atomic E-state index is 0. The summed E-state index contributed by atoms with van der Waals surface area (Å²) in [5, 5.41) is 11.9. The van der Waals surface area contributed by atoms with E-state index in [0.29, 0.717) is 17.8 Å². The van der Waals surface area contributed by atoms with E-state index >= 15 is 0 Å². The summed E-state index contributed by atoms with van der Waals surface area (Å²) in [4.78, 5) is 4.91. The van der Waals surface area contributed by atoms with Gasteiger partial charge in [0.25, 0.3) is 0 Å². The van der Waals surface area contributed by atoms with Gasteiger partial charge in [-0.05, 0) is 44.7 Å². The number of halogens is 1. The number of methoxy groups -OCH3 is 1. The van der Waals surface area contributed by atoms with Gasteiger partial charge in [-0.2, -0.15) is 5.10 Å². The molecule has 144 valence electrons. The maximum atomic E-state index is 6.10. The Morgan fingerprint density at radius 2 is 1.93 bits per heavy atom. The van der Waals surface area contributed by atoms with Crippen LogP contribution in [-0.4, -0.2) is 38.1 Å². The Morgan fingerprint density at radius 1 is 1.19 bits per heavy atom. The van der Waals surface area contributed by atoms with Crippen LogP contribution in [0.1, 0.15) is 43.1 Å². The second-order valence-corrected chi connectivity index (χ2v) is 6.90. The van der Waals surface area contributed by atoms with Crippen molar-refractivity contribution in [1.82, 2.24) is 25.0 Å². The van der Waals surface area contributed by atoms with Crippen LogP contribution in [0.4, 0.5) is 0 Å². The Balaban J connectivity index is 0.00000210. The van der Waals surface area contributed by atoms with E-state index in [0.717, 1.165) is 54.2 Å². The number of nitrogens with zero attached hydrogens (tertiary/aromatic N) is 4. The zero-order chi connectivity index (χ0) is 18.1. The fourth-order valence-corrected chi connectivity index (χ4v) is 3.64. The summed E-state index contributed by atoms with van der Waals surface area (Å²) in [6, 6.07) is 8.20. The van der Waals surface area contributed by atoms with Crippen molar-refractivity contribution in [3.8, 4) is 22.8 Å². The number of nitrogens with two attached hydrogens (primary N) is 1. The first-order chi connectivity index (χ1) is 12.7. The van der Waals surface area contributed by atoms with Crippen molar-refractivity contribution < 1.29 is 4.74 Å². The predicted molar refractivity (Wildman–Crippen MR) is 107 cm³/mol. The van der Waals surface area contributed by atoms with Crippen LogP contribution in [-0.2, 0) is 0 Å². The quantitative estimate of drug-likeness (QED) is 0.714. The van der Waals surface area contributed by atoms with Gasteiger partial charge in [-0.1, -0.05) is 12.1 Å². The monoisotopic (exact) mass is 388 g/mol. The molecule has 0 amide bonds. The van der Waals surface area contributed by atoms with Crippen molar-refractivity contribution in [2.24, 2.45) is 5.73 Å². The van der Waals surface area contributed by atoms with E-state index in [2.05, 4.69) is 10.2 Å². The third-order valence-electron chi connectivity index (χ3n) is 5.15. The second kappa shape index (κ2) is 8.10. The van der Waals surface area contributed by atoms with E-state index < -0.39 is 0 Å². The summed E-state index contributed by atoms with van der Waals surface area (Å²) in [6.07, 6.45) is 5.86. The molecule has 3 N–H and O–H groups in total. The molecule has 0 aliphatic heterocycles. The Labute approximate surface area is 164 Å². The summed E-state index contributed by atoms with van der Waals surface area (Å²) in [7, 11) is 1.68. The second-order valence-electron chi connectivity index (χ2n) is 6.90. The Bertz CT molecular complexity index is 897. The van der Waals surface area contributed by atoms with Crippen LogP contribution in [0.3, 0.4) is 0 Å². The minimum Gasteiger partial charge on any atom is -0.494 e. The highest BCUT2D eigenvalue weighted by Crippen LogP contribution is 2.35. The topological polar surface area (TPSA) is 94.6 Å². The van der Waals surface area contributed by atoms with Gasteiger partial charge in [0.2, 0.25) is 0 Å². The lowest BCUT2D eigenvalue weighted by atomic mass is 9.86. The third-order valence-corrected chi connectivity index (χ3v) is 5.15. The summed E-state index contributed by atoms with van der Waals surface area (Å²) in [6.45, 7) is 1.98. The molecule has 8 heteroatoms. The van der Waals surface area contributed by atoms with Crippen LogP contribution in [0, 0.1) is 6.92 Å². The van der Waals surface area contributed by atoms with Gasteiger partial charge in [0.15, 0.2) is 5.82 Å². The van der Waals surface area contributed by atoms with E-state index in [1.54, 1.807) is 13.3 Å². The molecule has 2 aromatic heterocycles. The van der Waals surface area contributed by atoms with Gasteiger partial charge in [0, 0.05) is 17.7 Å². The Kier molecular flexibility index (Phi) is 5.82. The molecule has 7 nitrogen and oxygen atoms in total. The molecule has 1 aliphatic carbocycles. The van der Waals surface area contributed by atoms with Gasteiger partial charge in [-0.3, -0.25) is 5.10 Å². The number of hydrogen-bond donors (Lipinski definition) is 2. The van der Waals surface area contributed by atoms with Crippen molar-refractivity contribution in [3.05, 3.63) is 42.0 Å². The molecule has 1 aromatic carbocycles. The number of aryl methyl sites for hydroxylation is 1. The maximum Gasteiger partial charge on any atom is 0.185 e. The van der Waals surface area contributed by atoms with Gasteiger partial charge in [0.05, 0.1) is 18.9 Å². The first-order valence-corrected chi connectivity index (χ1v) is 9.03.